The Labute approximate surface area is 535 Å². The Morgan fingerprint density at radius 1 is 0.364 bits per heavy atom. The van der Waals surface area contributed by atoms with Crippen LogP contribution in [0.15, 0.2) is 277 Å². The van der Waals surface area contributed by atoms with Gasteiger partial charge in [0.15, 0.2) is 0 Å². The van der Waals surface area contributed by atoms with Crippen LogP contribution in [-0.4, -0.2) is 11.3 Å². The van der Waals surface area contributed by atoms with E-state index in [9.17, 15) is 5.48 Å². The van der Waals surface area contributed by atoms with Gasteiger partial charge in [-0.15, -0.1) is 0 Å². The van der Waals surface area contributed by atoms with Gasteiger partial charge in [0.05, 0.1) is 27.7 Å². The van der Waals surface area contributed by atoms with E-state index in [0.717, 1.165) is 116 Å². The second-order valence-corrected chi connectivity index (χ2v) is 27.8. The Kier molecular flexibility index (Phi) is 11.3. The molecule has 0 N–H and O–H groups in total. The van der Waals surface area contributed by atoms with Gasteiger partial charge in [-0.1, -0.05) is 286 Å². The SMILES string of the molecule is [2H]c1c([2H])c([2H])c2c(c1[2H])c1c([2H])c([2H])c([2H])c([2H])c1n2-c1ccc2c(c1)N(c1c(-c3ccccc3)cccc1-c1ccccc1)c1cc(C(C)(C)C)cc3c1B2c1cc(-c2cc(-c4ccccc4)cc(-c4ccccc4)c2)cc(-c2cc(C(C)(C)C)cc(C(C)(C)C)c2)c1S3. The third-order valence-electron chi connectivity index (χ3n) is 17.9. The second-order valence-electron chi connectivity index (χ2n) is 26.8. The standard InChI is InChI=1S/C84H71BN2S/c1-82(2,3)63-46-62(47-64(50-63)83(4,5)6)71-48-61(60-44-58(54-27-14-10-15-28-54)43-59(45-60)55-29-16-11-17-30-55)49-73-81(71)88-78-52-65(84(7,8)9)51-77-79(78)85(73)72-42-41-66(86-74-39-24-22-35-69(74)70-36-23-25-40-75(70)86)53-76(72)87(77)80-67(56-31-18-12-19-32-56)37-26-38-68(80)57-33-20-13-21-34-57/h10-53H,1-9H3/i22D,23D,24D,25D,35D,36D,39D,40D. The molecule has 0 amide bonds. The van der Waals surface area contributed by atoms with Crippen LogP contribution in [0.2, 0.25) is 0 Å². The molecule has 4 heteroatoms. The minimum Gasteiger partial charge on any atom is -0.310 e. The largest absolute Gasteiger partial charge is 0.310 e. The molecule has 0 fully saturated rings. The van der Waals surface area contributed by atoms with E-state index in [4.69, 9.17) is 5.48 Å². The van der Waals surface area contributed by atoms with E-state index in [1.807, 2.05) is 30.0 Å². The third kappa shape index (κ3) is 9.61. The highest BCUT2D eigenvalue weighted by molar-refractivity contribution is 8.00. The van der Waals surface area contributed by atoms with E-state index in [2.05, 4.69) is 267 Å². The molecule has 3 heterocycles. The van der Waals surface area contributed by atoms with E-state index in [-0.39, 0.29) is 62.2 Å². The van der Waals surface area contributed by atoms with Crippen molar-refractivity contribution in [1.82, 2.24) is 4.57 Å². The monoisotopic (exact) mass is 1160 g/mol. The van der Waals surface area contributed by atoms with Crippen LogP contribution in [0.25, 0.3) is 94.3 Å². The summed E-state index contributed by atoms with van der Waals surface area (Å²) >= 11 is 1.85. The Hall–Kier alpha value is -9.35. The average Bonchev–Trinajstić information content (AvgIpc) is 1.10. The Bertz CT molecular complexity index is 5140. The summed E-state index contributed by atoms with van der Waals surface area (Å²) in [7, 11) is 0. The number of hydrogen-bond acceptors (Lipinski definition) is 2. The summed E-state index contributed by atoms with van der Waals surface area (Å²) in [5, 5.41) is 0.0525. The zero-order chi connectivity index (χ0) is 67.2. The maximum atomic E-state index is 9.72. The summed E-state index contributed by atoms with van der Waals surface area (Å²) in [6.45, 7) is 20.2. The molecule has 0 radical (unpaired) electrons. The van der Waals surface area contributed by atoms with Gasteiger partial charge in [-0.3, -0.25) is 0 Å². The first-order valence-electron chi connectivity index (χ1n) is 34.5. The van der Waals surface area contributed by atoms with Crippen LogP contribution in [0.5, 0.6) is 0 Å². The molecule has 2 aliphatic heterocycles. The Morgan fingerprint density at radius 2 is 0.830 bits per heavy atom. The molecule has 12 aromatic carbocycles. The highest BCUT2D eigenvalue weighted by Crippen LogP contribution is 2.52. The van der Waals surface area contributed by atoms with E-state index in [0.29, 0.717) is 5.69 Å². The predicted molar refractivity (Wildman–Crippen MR) is 379 cm³/mol. The third-order valence-corrected chi connectivity index (χ3v) is 19.1. The summed E-state index contributed by atoms with van der Waals surface area (Å²) in [6.07, 6.45) is 0. The molecule has 0 aliphatic carbocycles. The maximum Gasteiger partial charge on any atom is 0.249 e. The first-order chi connectivity index (χ1) is 45.8. The van der Waals surface area contributed by atoms with Gasteiger partial charge in [0.25, 0.3) is 0 Å². The average molecular weight is 1160 g/mol. The molecule has 0 spiro atoms. The second kappa shape index (κ2) is 21.2. The van der Waals surface area contributed by atoms with Gasteiger partial charge in [-0.05, 0) is 160 Å². The van der Waals surface area contributed by atoms with Crippen molar-refractivity contribution in [3.8, 4) is 72.4 Å². The Morgan fingerprint density at radius 3 is 1.34 bits per heavy atom. The van der Waals surface area contributed by atoms with Crippen LogP contribution in [0.4, 0.5) is 17.1 Å². The Balaban J connectivity index is 1.12. The topological polar surface area (TPSA) is 8.17 Å². The minimum absolute atomic E-state index is 0.0263. The van der Waals surface area contributed by atoms with Gasteiger partial charge in [0, 0.05) is 48.8 Å². The lowest BCUT2D eigenvalue weighted by Crippen LogP contribution is -2.60. The van der Waals surface area contributed by atoms with Crippen LogP contribution in [0, 0.1) is 0 Å². The molecular formula is C84H71BN2S. The maximum absolute atomic E-state index is 9.72. The fourth-order valence-corrected chi connectivity index (χ4v) is 14.6. The van der Waals surface area contributed by atoms with Crippen LogP contribution >= 0.6 is 11.8 Å². The highest BCUT2D eigenvalue weighted by Gasteiger charge is 2.44. The molecule has 0 unspecified atom stereocenters. The fourth-order valence-electron chi connectivity index (χ4n) is 13.2. The van der Waals surface area contributed by atoms with Gasteiger partial charge >= 0.3 is 0 Å². The van der Waals surface area contributed by atoms with Gasteiger partial charge in [0.2, 0.25) is 6.71 Å². The molecule has 2 aliphatic rings. The molecule has 0 atom stereocenters. The lowest BCUT2D eigenvalue weighted by atomic mass is 9.34. The van der Waals surface area contributed by atoms with Gasteiger partial charge in [-0.2, -0.15) is 0 Å². The highest BCUT2D eigenvalue weighted by atomic mass is 32.2. The van der Waals surface area contributed by atoms with E-state index < -0.39 is 30.9 Å². The first-order valence-corrected chi connectivity index (χ1v) is 31.3. The zero-order valence-electron chi connectivity index (χ0n) is 59.2. The lowest BCUT2D eigenvalue weighted by Gasteiger charge is -2.43. The van der Waals surface area contributed by atoms with Crippen LogP contribution < -0.4 is 21.3 Å². The summed E-state index contributed by atoms with van der Waals surface area (Å²) in [5.74, 6) is 0. The van der Waals surface area contributed by atoms with Crippen molar-refractivity contribution in [2.75, 3.05) is 4.90 Å². The predicted octanol–water partition coefficient (Wildman–Crippen LogP) is 21.4. The van der Waals surface area contributed by atoms with E-state index in [1.54, 1.807) is 4.57 Å². The van der Waals surface area contributed by atoms with Crippen molar-refractivity contribution >= 4 is 73.7 Å². The van der Waals surface area contributed by atoms with Crippen molar-refractivity contribution in [3.63, 3.8) is 0 Å². The van der Waals surface area contributed by atoms with Crippen molar-refractivity contribution in [3.05, 3.63) is 283 Å². The number of fused-ring (bicyclic) bond motifs is 7. The zero-order valence-corrected chi connectivity index (χ0v) is 52.0. The number of aromatic nitrogens is 1. The van der Waals surface area contributed by atoms with Crippen LogP contribution in [0.3, 0.4) is 0 Å². The number of rotatable bonds is 8. The number of anilines is 3. The molecule has 15 rings (SSSR count). The van der Waals surface area contributed by atoms with Crippen molar-refractivity contribution in [1.29, 1.82) is 0 Å². The normalized spacial score (nSPS) is 14.2. The van der Waals surface area contributed by atoms with Crippen molar-refractivity contribution in [2.24, 2.45) is 0 Å². The van der Waals surface area contributed by atoms with Crippen molar-refractivity contribution in [2.45, 2.75) is 88.3 Å². The quantitative estimate of drug-likeness (QED) is 0.140. The van der Waals surface area contributed by atoms with Gasteiger partial charge < -0.3 is 9.47 Å². The van der Waals surface area contributed by atoms with E-state index >= 15 is 0 Å². The van der Waals surface area contributed by atoms with Gasteiger partial charge in [0.1, 0.15) is 0 Å². The molecule has 13 aromatic rings. The molecule has 0 saturated carbocycles. The number of para-hydroxylation sites is 3. The molecule has 1 aromatic heterocycles. The summed E-state index contributed by atoms with van der Waals surface area (Å²) in [5.41, 5.74) is 22.3. The molecular weight excluding hydrogens is 1080 g/mol. The first kappa shape index (κ1) is 46.8. The van der Waals surface area contributed by atoms with Crippen LogP contribution in [0.1, 0.15) is 90.0 Å². The summed E-state index contributed by atoms with van der Waals surface area (Å²) in [4.78, 5) is 4.71. The molecule has 88 heavy (non-hydrogen) atoms. The number of nitrogens with zero attached hydrogens (tertiary/aromatic N) is 2. The summed E-state index contributed by atoms with van der Waals surface area (Å²) < 4.78 is 76.3. The fraction of sp³-hybridized carbons (Fsp3) is 0.143. The number of hydrogen-bond donors (Lipinski definition) is 0. The summed E-state index contributed by atoms with van der Waals surface area (Å²) in [6, 6.07) is 75.5. The lowest BCUT2D eigenvalue weighted by molar-refractivity contribution is 0.569. The molecule has 2 nitrogen and oxygen atoms in total. The molecule has 0 saturated heterocycles. The molecule has 0 bridgehead atoms. The van der Waals surface area contributed by atoms with Gasteiger partial charge in [-0.25, -0.2) is 0 Å². The number of benzene rings is 12. The molecule has 426 valence electrons. The smallest absolute Gasteiger partial charge is 0.249 e. The minimum atomic E-state index is -0.487. The van der Waals surface area contributed by atoms with E-state index in [1.165, 1.54) is 11.1 Å². The van der Waals surface area contributed by atoms with Crippen LogP contribution in [-0.2, 0) is 16.2 Å². The van der Waals surface area contributed by atoms with Crippen molar-refractivity contribution < 1.29 is 11.0 Å².